The maximum Gasteiger partial charge on any atom is 0.229 e. The fraction of sp³-hybridized carbons (Fsp3) is 0.533. The van der Waals surface area contributed by atoms with Gasteiger partial charge in [0, 0.05) is 0 Å². The molecule has 0 aliphatic heterocycles. The van der Waals surface area contributed by atoms with E-state index in [9.17, 15) is 4.79 Å². The van der Waals surface area contributed by atoms with Gasteiger partial charge in [-0.15, -0.1) is 0 Å². The van der Waals surface area contributed by atoms with Crippen LogP contribution in [-0.2, 0) is 4.79 Å². The summed E-state index contributed by atoms with van der Waals surface area (Å²) in [5.41, 5.74) is 1.80. The predicted octanol–water partition coefficient (Wildman–Crippen LogP) is 2.78. The molecule has 1 amide bonds. The normalized spacial score (nSPS) is 12.3. The summed E-state index contributed by atoms with van der Waals surface area (Å²) < 4.78 is 5.31. The molecule has 19 heavy (non-hydrogen) atoms. The van der Waals surface area contributed by atoms with Crippen LogP contribution in [0, 0.1) is 5.92 Å². The number of hydrogen-bond donors (Lipinski definition) is 2. The number of carbonyl (C=O) groups excluding carboxylic acids is 1. The Labute approximate surface area is 114 Å². The first-order valence-corrected chi connectivity index (χ1v) is 6.63. The number of methoxy groups -OCH3 is 1. The number of nitrogens with one attached hydrogen (secondary N) is 1. The van der Waals surface area contributed by atoms with Gasteiger partial charge < -0.3 is 15.2 Å². The molecule has 1 rings (SSSR count). The Morgan fingerprint density at radius 1 is 1.42 bits per heavy atom. The molecular weight excluding hydrogens is 242 g/mol. The number of amides is 1. The number of anilines is 1. The van der Waals surface area contributed by atoms with Gasteiger partial charge in [0.25, 0.3) is 0 Å². The van der Waals surface area contributed by atoms with Crippen LogP contribution in [0.3, 0.4) is 0 Å². The van der Waals surface area contributed by atoms with Crippen molar-refractivity contribution in [3.63, 3.8) is 0 Å². The Balaban J connectivity index is 2.92. The molecule has 0 saturated carbocycles. The third-order valence-corrected chi connectivity index (χ3v) is 3.23. The van der Waals surface area contributed by atoms with Crippen LogP contribution in [0.5, 0.6) is 5.75 Å². The van der Waals surface area contributed by atoms with Crippen molar-refractivity contribution < 1.29 is 14.6 Å². The zero-order valence-corrected chi connectivity index (χ0v) is 12.1. The third-order valence-electron chi connectivity index (χ3n) is 3.23. The molecule has 1 aromatic carbocycles. The SMILES string of the molecule is CCC(CO)C(=O)Nc1ccc(C(C)C)cc1OC. The molecule has 0 heterocycles. The van der Waals surface area contributed by atoms with E-state index in [0.29, 0.717) is 23.8 Å². The molecule has 1 aromatic rings. The molecule has 1 unspecified atom stereocenters. The van der Waals surface area contributed by atoms with Crippen molar-refractivity contribution in [3.05, 3.63) is 23.8 Å². The molecule has 4 heteroatoms. The van der Waals surface area contributed by atoms with E-state index in [2.05, 4.69) is 19.2 Å². The van der Waals surface area contributed by atoms with Gasteiger partial charge >= 0.3 is 0 Å². The predicted molar refractivity (Wildman–Crippen MR) is 76.6 cm³/mol. The highest BCUT2D eigenvalue weighted by molar-refractivity contribution is 5.94. The first-order chi connectivity index (χ1) is 9.03. The van der Waals surface area contributed by atoms with Crippen molar-refractivity contribution >= 4 is 11.6 Å². The minimum absolute atomic E-state index is 0.144. The maximum absolute atomic E-state index is 11.9. The van der Waals surface area contributed by atoms with Gasteiger partial charge in [-0.3, -0.25) is 4.79 Å². The second-order valence-corrected chi connectivity index (χ2v) is 4.89. The van der Waals surface area contributed by atoms with Crippen molar-refractivity contribution in [2.75, 3.05) is 19.0 Å². The number of carbonyl (C=O) groups is 1. The van der Waals surface area contributed by atoms with Gasteiger partial charge in [-0.2, -0.15) is 0 Å². The van der Waals surface area contributed by atoms with Gasteiger partial charge in [-0.1, -0.05) is 26.8 Å². The Morgan fingerprint density at radius 3 is 2.58 bits per heavy atom. The monoisotopic (exact) mass is 265 g/mol. The highest BCUT2D eigenvalue weighted by Gasteiger charge is 2.17. The first-order valence-electron chi connectivity index (χ1n) is 6.63. The molecule has 1 atom stereocenters. The van der Waals surface area contributed by atoms with Crippen LogP contribution in [0.25, 0.3) is 0 Å². The summed E-state index contributed by atoms with van der Waals surface area (Å²) >= 11 is 0. The minimum Gasteiger partial charge on any atom is -0.495 e. The Morgan fingerprint density at radius 2 is 2.11 bits per heavy atom. The van der Waals surface area contributed by atoms with E-state index >= 15 is 0 Å². The summed E-state index contributed by atoms with van der Waals surface area (Å²) in [5, 5.41) is 11.9. The average molecular weight is 265 g/mol. The zero-order chi connectivity index (χ0) is 14.4. The van der Waals surface area contributed by atoms with Gasteiger partial charge in [0.2, 0.25) is 5.91 Å². The molecule has 0 radical (unpaired) electrons. The van der Waals surface area contributed by atoms with E-state index in [-0.39, 0.29) is 18.4 Å². The standard InChI is InChI=1S/C15H23NO3/c1-5-11(9-17)15(18)16-13-7-6-12(10(2)3)8-14(13)19-4/h6-8,10-11,17H,5,9H2,1-4H3,(H,16,18). The molecule has 0 aliphatic rings. The second kappa shape index (κ2) is 7.14. The first kappa shape index (κ1) is 15.5. The van der Waals surface area contributed by atoms with Crippen molar-refractivity contribution in [2.24, 2.45) is 5.92 Å². The molecule has 4 nitrogen and oxygen atoms in total. The van der Waals surface area contributed by atoms with E-state index in [1.807, 2.05) is 25.1 Å². The van der Waals surface area contributed by atoms with Crippen molar-refractivity contribution in [1.82, 2.24) is 0 Å². The minimum atomic E-state index is -0.380. The summed E-state index contributed by atoms with van der Waals surface area (Å²) in [6.07, 6.45) is 0.606. The Bertz CT molecular complexity index is 425. The van der Waals surface area contributed by atoms with Gasteiger partial charge in [0.15, 0.2) is 0 Å². The van der Waals surface area contributed by atoms with Crippen LogP contribution in [0.2, 0.25) is 0 Å². The van der Waals surface area contributed by atoms with E-state index in [1.54, 1.807) is 7.11 Å². The van der Waals surface area contributed by atoms with Gasteiger partial charge in [-0.05, 0) is 30.0 Å². The van der Waals surface area contributed by atoms with Crippen LogP contribution < -0.4 is 10.1 Å². The third kappa shape index (κ3) is 3.96. The molecule has 0 bridgehead atoms. The molecule has 2 N–H and O–H groups in total. The van der Waals surface area contributed by atoms with Gasteiger partial charge in [0.1, 0.15) is 5.75 Å². The lowest BCUT2D eigenvalue weighted by Gasteiger charge is -2.16. The quantitative estimate of drug-likeness (QED) is 0.831. The molecule has 0 aromatic heterocycles. The van der Waals surface area contributed by atoms with Crippen molar-refractivity contribution in [3.8, 4) is 5.75 Å². The van der Waals surface area contributed by atoms with E-state index in [0.717, 1.165) is 5.56 Å². The summed E-state index contributed by atoms with van der Waals surface area (Å²) in [4.78, 5) is 11.9. The Kier molecular flexibility index (Phi) is 5.83. The van der Waals surface area contributed by atoms with Crippen LogP contribution in [0.1, 0.15) is 38.7 Å². The highest BCUT2D eigenvalue weighted by atomic mass is 16.5. The van der Waals surface area contributed by atoms with Crippen molar-refractivity contribution in [1.29, 1.82) is 0 Å². The topological polar surface area (TPSA) is 58.6 Å². The van der Waals surface area contributed by atoms with Gasteiger partial charge in [-0.25, -0.2) is 0 Å². The maximum atomic E-state index is 11.9. The molecule has 0 fully saturated rings. The number of ether oxygens (including phenoxy) is 1. The lowest BCUT2D eigenvalue weighted by molar-refractivity contribution is -0.121. The van der Waals surface area contributed by atoms with Gasteiger partial charge in [0.05, 0.1) is 25.3 Å². The largest absolute Gasteiger partial charge is 0.495 e. The highest BCUT2D eigenvalue weighted by Crippen LogP contribution is 2.29. The molecule has 106 valence electrons. The van der Waals surface area contributed by atoms with E-state index < -0.39 is 0 Å². The molecular formula is C15H23NO3. The summed E-state index contributed by atoms with van der Waals surface area (Å²) in [7, 11) is 1.58. The van der Waals surface area contributed by atoms with Crippen LogP contribution >= 0.6 is 0 Å². The Hall–Kier alpha value is -1.55. The number of rotatable bonds is 6. The zero-order valence-electron chi connectivity index (χ0n) is 12.1. The van der Waals surface area contributed by atoms with Crippen LogP contribution in [-0.4, -0.2) is 24.7 Å². The van der Waals surface area contributed by atoms with Crippen molar-refractivity contribution in [2.45, 2.75) is 33.1 Å². The van der Waals surface area contributed by atoms with E-state index in [1.165, 1.54) is 0 Å². The van der Waals surface area contributed by atoms with Crippen LogP contribution in [0.4, 0.5) is 5.69 Å². The molecule has 0 spiro atoms. The summed E-state index contributed by atoms with van der Waals surface area (Å²) in [6.45, 7) is 5.94. The fourth-order valence-electron chi connectivity index (χ4n) is 1.80. The lowest BCUT2D eigenvalue weighted by atomic mass is 10.0. The second-order valence-electron chi connectivity index (χ2n) is 4.89. The summed E-state index contributed by atoms with van der Waals surface area (Å²) in [5.74, 6) is 0.488. The lowest BCUT2D eigenvalue weighted by Crippen LogP contribution is -2.25. The number of benzene rings is 1. The van der Waals surface area contributed by atoms with E-state index in [4.69, 9.17) is 9.84 Å². The average Bonchev–Trinajstić information content (AvgIpc) is 2.40. The summed E-state index contributed by atoms with van der Waals surface area (Å²) in [6, 6.07) is 5.75. The smallest absolute Gasteiger partial charge is 0.229 e. The number of aliphatic hydroxyl groups excluding tert-OH is 1. The molecule has 0 aliphatic carbocycles. The molecule has 0 saturated heterocycles. The fourth-order valence-corrected chi connectivity index (χ4v) is 1.80. The van der Waals surface area contributed by atoms with Crippen LogP contribution in [0.15, 0.2) is 18.2 Å². The number of hydrogen-bond acceptors (Lipinski definition) is 3. The number of aliphatic hydroxyl groups is 1.